The van der Waals surface area contributed by atoms with Crippen molar-refractivity contribution in [2.75, 3.05) is 13.1 Å². The van der Waals surface area contributed by atoms with E-state index in [4.69, 9.17) is 9.31 Å². The van der Waals surface area contributed by atoms with Crippen molar-refractivity contribution in [1.29, 1.82) is 0 Å². The first-order valence-corrected chi connectivity index (χ1v) is 12.0. The van der Waals surface area contributed by atoms with Gasteiger partial charge in [-0.1, -0.05) is 44.2 Å². The first-order chi connectivity index (χ1) is 14.9. The number of rotatable bonds is 6. The Morgan fingerprint density at radius 3 is 2.77 bits per heavy atom. The van der Waals surface area contributed by atoms with Crippen LogP contribution in [-0.2, 0) is 15.7 Å². The fourth-order valence-electron chi connectivity index (χ4n) is 6.52. The lowest BCUT2D eigenvalue weighted by molar-refractivity contribution is -0.199. The summed E-state index contributed by atoms with van der Waals surface area (Å²) < 4.78 is 13.2. The van der Waals surface area contributed by atoms with Gasteiger partial charge in [-0.05, 0) is 68.4 Å². The molecule has 3 saturated carbocycles. The maximum atomic E-state index is 12.8. The molecule has 3 N–H and O–H groups in total. The van der Waals surface area contributed by atoms with E-state index < -0.39 is 7.12 Å². The molecule has 6 rings (SSSR count). The third-order valence-corrected chi connectivity index (χ3v) is 8.58. The van der Waals surface area contributed by atoms with E-state index in [1.807, 2.05) is 18.2 Å². The summed E-state index contributed by atoms with van der Waals surface area (Å²) in [5.41, 5.74) is 1.20. The lowest BCUT2D eigenvalue weighted by Crippen LogP contribution is -2.65. The minimum atomic E-state index is -0.430. The van der Waals surface area contributed by atoms with E-state index in [9.17, 15) is 4.79 Å². The third-order valence-electron chi connectivity index (χ3n) is 8.58. The minimum absolute atomic E-state index is 0.111. The van der Waals surface area contributed by atoms with Crippen LogP contribution in [0.3, 0.4) is 0 Å². The summed E-state index contributed by atoms with van der Waals surface area (Å²) in [6.45, 7) is 8.65. The number of hydrogen-bond donors (Lipinski definition) is 3. The molecule has 5 aliphatic rings. The average molecular weight is 425 g/mol. The molecule has 2 saturated heterocycles. The molecule has 2 heterocycles. The van der Waals surface area contributed by atoms with Crippen LogP contribution in [0.25, 0.3) is 0 Å². The highest BCUT2D eigenvalue weighted by Gasteiger charge is 2.68. The molecule has 31 heavy (non-hydrogen) atoms. The van der Waals surface area contributed by atoms with Gasteiger partial charge < -0.3 is 25.3 Å². The maximum Gasteiger partial charge on any atom is 0.482 e. The summed E-state index contributed by atoms with van der Waals surface area (Å²) in [6, 6.07) is 10.5. The molecule has 0 aromatic heterocycles. The Labute approximate surface area is 186 Å². The molecule has 0 spiro atoms. The van der Waals surface area contributed by atoms with Crippen molar-refractivity contribution in [2.45, 2.75) is 76.6 Å². The van der Waals surface area contributed by atoms with Crippen molar-refractivity contribution in [3.05, 3.63) is 35.9 Å². The molecule has 3 aliphatic carbocycles. The molecule has 6 atom stereocenters. The molecular formula is C24H36BN3O3. The van der Waals surface area contributed by atoms with Crippen molar-refractivity contribution in [2.24, 2.45) is 17.3 Å². The number of benzene rings is 1. The van der Waals surface area contributed by atoms with Gasteiger partial charge in [0.25, 0.3) is 0 Å². The van der Waals surface area contributed by atoms with Crippen LogP contribution >= 0.6 is 0 Å². The van der Waals surface area contributed by atoms with Crippen LogP contribution in [0, 0.1) is 17.3 Å². The molecule has 1 aromatic carbocycles. The van der Waals surface area contributed by atoms with Gasteiger partial charge in [0.15, 0.2) is 0 Å². The fraction of sp³-hybridized carbons (Fsp3) is 0.708. The van der Waals surface area contributed by atoms with E-state index in [1.54, 1.807) is 0 Å². The normalized spacial score (nSPS) is 36.4. The summed E-state index contributed by atoms with van der Waals surface area (Å²) >= 11 is 0. The van der Waals surface area contributed by atoms with Crippen LogP contribution in [0.4, 0.5) is 4.79 Å². The van der Waals surface area contributed by atoms with Gasteiger partial charge in [-0.2, -0.15) is 0 Å². The zero-order valence-corrected chi connectivity index (χ0v) is 19.0. The SMILES string of the molecule is CC1(C)C2C[C@H]1C[C@H]1OB(C(Cc3ccccc3)NC(=O)NCC3CCCN3)O[C@@]21C. The number of carbonyl (C=O) groups excluding carboxylic acids is 1. The van der Waals surface area contributed by atoms with Gasteiger partial charge in [-0.3, -0.25) is 0 Å². The molecule has 2 bridgehead atoms. The Hall–Kier alpha value is -1.57. The summed E-state index contributed by atoms with van der Waals surface area (Å²) in [6.07, 6.45) is 5.35. The molecule has 5 fully saturated rings. The van der Waals surface area contributed by atoms with Crippen molar-refractivity contribution >= 4 is 13.1 Å². The third kappa shape index (κ3) is 3.89. The molecular weight excluding hydrogens is 389 g/mol. The summed E-state index contributed by atoms with van der Waals surface area (Å²) in [4.78, 5) is 12.8. The van der Waals surface area contributed by atoms with Crippen LogP contribution in [0.15, 0.2) is 30.3 Å². The second kappa shape index (κ2) is 8.09. The lowest BCUT2D eigenvalue weighted by atomic mass is 9.43. The molecule has 168 valence electrons. The van der Waals surface area contributed by atoms with E-state index in [2.05, 4.69) is 48.9 Å². The van der Waals surface area contributed by atoms with Crippen molar-refractivity contribution in [3.8, 4) is 0 Å². The lowest BCUT2D eigenvalue weighted by Gasteiger charge is -2.64. The molecule has 3 unspecified atom stereocenters. The minimum Gasteiger partial charge on any atom is -0.404 e. The van der Waals surface area contributed by atoms with Crippen LogP contribution < -0.4 is 16.0 Å². The predicted octanol–water partition coefficient (Wildman–Crippen LogP) is 2.92. The van der Waals surface area contributed by atoms with Crippen LogP contribution in [0.1, 0.15) is 52.0 Å². The molecule has 2 amide bonds. The fourth-order valence-corrected chi connectivity index (χ4v) is 6.52. The Bertz CT molecular complexity index is 801. The number of nitrogens with one attached hydrogen (secondary N) is 3. The standard InChI is InChI=1S/C24H36BN3O3/c1-23(2)17-13-19(23)24(3)20(14-17)30-25(31-24)21(12-16-8-5-4-6-9-16)28-22(29)27-15-18-10-7-11-26-18/h4-6,8-9,17-21,26H,7,10-15H2,1-3H3,(H2,27,28,29)/t17-,18?,19?,20+,21?,24-/m0/s1. The van der Waals surface area contributed by atoms with Gasteiger partial charge in [-0.15, -0.1) is 0 Å². The molecule has 0 radical (unpaired) electrons. The summed E-state index contributed by atoms with van der Waals surface area (Å²) in [5, 5.41) is 9.65. The highest BCUT2D eigenvalue weighted by Crippen LogP contribution is 2.65. The molecule has 1 aromatic rings. The largest absolute Gasteiger partial charge is 0.482 e. The topological polar surface area (TPSA) is 71.6 Å². The van der Waals surface area contributed by atoms with Crippen LogP contribution in [-0.4, -0.2) is 49.9 Å². The van der Waals surface area contributed by atoms with Crippen molar-refractivity contribution < 1.29 is 14.1 Å². The maximum absolute atomic E-state index is 12.8. The number of amides is 2. The Morgan fingerprint density at radius 2 is 2.06 bits per heavy atom. The van der Waals surface area contributed by atoms with Gasteiger partial charge in [0, 0.05) is 12.6 Å². The quantitative estimate of drug-likeness (QED) is 0.613. The van der Waals surface area contributed by atoms with E-state index in [-0.39, 0.29) is 23.7 Å². The zero-order chi connectivity index (χ0) is 21.6. The Morgan fingerprint density at radius 1 is 1.26 bits per heavy atom. The second-order valence-electron chi connectivity index (χ2n) is 10.8. The first-order valence-electron chi connectivity index (χ1n) is 12.0. The van der Waals surface area contributed by atoms with Crippen LogP contribution in [0.5, 0.6) is 0 Å². The highest BCUT2D eigenvalue weighted by atomic mass is 16.7. The van der Waals surface area contributed by atoms with E-state index in [1.165, 1.54) is 18.4 Å². The first kappa shape index (κ1) is 21.3. The average Bonchev–Trinajstić information content (AvgIpc) is 3.39. The van der Waals surface area contributed by atoms with Crippen molar-refractivity contribution in [1.82, 2.24) is 16.0 Å². The number of carbonyl (C=O) groups is 1. The van der Waals surface area contributed by atoms with Crippen LogP contribution in [0.2, 0.25) is 0 Å². The molecule has 7 heteroatoms. The van der Waals surface area contributed by atoms with Gasteiger partial charge in [0.2, 0.25) is 0 Å². The molecule has 2 aliphatic heterocycles. The molecule has 6 nitrogen and oxygen atoms in total. The predicted molar refractivity (Wildman–Crippen MR) is 122 cm³/mol. The van der Waals surface area contributed by atoms with E-state index >= 15 is 0 Å². The number of urea groups is 1. The van der Waals surface area contributed by atoms with Gasteiger partial charge >= 0.3 is 13.1 Å². The monoisotopic (exact) mass is 425 g/mol. The van der Waals surface area contributed by atoms with E-state index in [0.29, 0.717) is 36.3 Å². The van der Waals surface area contributed by atoms with Crippen molar-refractivity contribution in [3.63, 3.8) is 0 Å². The highest BCUT2D eigenvalue weighted by molar-refractivity contribution is 6.48. The second-order valence-corrected chi connectivity index (χ2v) is 10.8. The zero-order valence-electron chi connectivity index (χ0n) is 19.0. The van der Waals surface area contributed by atoms with Gasteiger partial charge in [-0.25, -0.2) is 4.79 Å². The smallest absolute Gasteiger partial charge is 0.404 e. The summed E-state index contributed by atoms with van der Waals surface area (Å²) in [5.74, 6) is 0.982. The number of hydrogen-bond acceptors (Lipinski definition) is 4. The van der Waals surface area contributed by atoms with Gasteiger partial charge in [0.05, 0.1) is 17.6 Å². The Balaban J connectivity index is 1.28. The summed E-state index contributed by atoms with van der Waals surface area (Å²) in [7, 11) is -0.430. The Kier molecular flexibility index (Phi) is 5.56. The van der Waals surface area contributed by atoms with E-state index in [0.717, 1.165) is 19.4 Å². The van der Waals surface area contributed by atoms with Gasteiger partial charge in [0.1, 0.15) is 0 Å².